The third-order valence-corrected chi connectivity index (χ3v) is 4.17. The predicted molar refractivity (Wildman–Crippen MR) is 63.8 cm³/mol. The molecule has 1 aromatic rings. The van der Waals surface area contributed by atoms with Crippen LogP contribution in [0.2, 0.25) is 0 Å². The van der Waals surface area contributed by atoms with Crippen LogP contribution in [0.5, 0.6) is 0 Å². The fraction of sp³-hybridized carbons (Fsp3) is 0.545. The van der Waals surface area contributed by atoms with E-state index in [0.717, 1.165) is 24.4 Å². The molecule has 1 saturated heterocycles. The van der Waals surface area contributed by atoms with Gasteiger partial charge in [0.25, 0.3) is 5.91 Å². The summed E-state index contributed by atoms with van der Waals surface area (Å²) in [5.74, 6) is 1.31. The zero-order valence-electron chi connectivity index (χ0n) is 8.70. The molecule has 82 valence electrons. The Morgan fingerprint density at radius 1 is 1.67 bits per heavy atom. The van der Waals surface area contributed by atoms with Crippen molar-refractivity contribution >= 4 is 28.8 Å². The van der Waals surface area contributed by atoms with Gasteiger partial charge in [-0.25, -0.2) is 0 Å². The second kappa shape index (κ2) is 4.54. The summed E-state index contributed by atoms with van der Waals surface area (Å²) in [5.41, 5.74) is 0. The highest BCUT2D eigenvalue weighted by Crippen LogP contribution is 2.22. The van der Waals surface area contributed by atoms with Gasteiger partial charge in [0, 0.05) is 23.8 Å². The lowest BCUT2D eigenvalue weighted by Gasteiger charge is -2.14. The lowest BCUT2D eigenvalue weighted by atomic mass is 10.2. The molecule has 1 aliphatic rings. The Morgan fingerprint density at radius 2 is 2.47 bits per heavy atom. The Kier molecular flexibility index (Phi) is 3.32. The van der Waals surface area contributed by atoms with Crippen molar-refractivity contribution in [2.75, 3.05) is 19.0 Å². The van der Waals surface area contributed by atoms with Crippen LogP contribution in [0, 0.1) is 12.8 Å². The summed E-state index contributed by atoms with van der Waals surface area (Å²) in [4.78, 5) is 16.0. The van der Waals surface area contributed by atoms with Crippen LogP contribution in [-0.2, 0) is 0 Å². The second-order valence-corrected chi connectivity index (χ2v) is 5.57. The van der Waals surface area contributed by atoms with E-state index in [1.165, 1.54) is 4.88 Å². The maximum Gasteiger partial charge on any atom is 0.263 e. The van der Waals surface area contributed by atoms with E-state index in [9.17, 15) is 4.79 Å². The molecule has 1 unspecified atom stereocenters. The van der Waals surface area contributed by atoms with Crippen molar-refractivity contribution in [2.45, 2.75) is 13.3 Å². The van der Waals surface area contributed by atoms with Crippen LogP contribution in [0.1, 0.15) is 21.0 Å². The molecule has 0 aliphatic carbocycles. The Morgan fingerprint density at radius 3 is 3.00 bits per heavy atom. The zero-order valence-corrected chi connectivity index (χ0v) is 10.3. The normalized spacial score (nSPS) is 20.9. The number of hydrogen-bond acceptors (Lipinski definition) is 2. The van der Waals surface area contributed by atoms with Gasteiger partial charge in [-0.3, -0.25) is 4.79 Å². The van der Waals surface area contributed by atoms with Gasteiger partial charge < -0.3 is 4.90 Å². The minimum Gasteiger partial charge on any atom is -0.338 e. The van der Waals surface area contributed by atoms with Gasteiger partial charge in [-0.1, -0.05) is 0 Å². The van der Waals surface area contributed by atoms with Gasteiger partial charge in [0.15, 0.2) is 0 Å². The van der Waals surface area contributed by atoms with E-state index >= 15 is 0 Å². The molecule has 1 amide bonds. The maximum atomic E-state index is 12.0. The summed E-state index contributed by atoms with van der Waals surface area (Å²) >= 11 is 7.36. The van der Waals surface area contributed by atoms with Crippen LogP contribution in [0.4, 0.5) is 0 Å². The highest BCUT2D eigenvalue weighted by Gasteiger charge is 2.26. The van der Waals surface area contributed by atoms with Crippen molar-refractivity contribution in [3.05, 3.63) is 21.9 Å². The number of carbonyl (C=O) groups excluding carboxylic acids is 1. The van der Waals surface area contributed by atoms with E-state index in [0.29, 0.717) is 11.8 Å². The molecule has 2 nitrogen and oxygen atoms in total. The molecule has 0 N–H and O–H groups in total. The van der Waals surface area contributed by atoms with Crippen LogP contribution in [0.25, 0.3) is 0 Å². The molecule has 1 fully saturated rings. The minimum absolute atomic E-state index is 0.167. The van der Waals surface area contributed by atoms with Crippen LogP contribution < -0.4 is 0 Å². The van der Waals surface area contributed by atoms with Crippen LogP contribution >= 0.6 is 22.9 Å². The molecule has 1 aliphatic heterocycles. The molecule has 0 bridgehead atoms. The Labute approximate surface area is 98.8 Å². The molecule has 2 heterocycles. The third kappa shape index (κ3) is 2.34. The molecule has 1 atom stereocenters. The SMILES string of the molecule is Cc1ccc(C(=O)N2CCC(CCl)C2)s1. The molecule has 2 rings (SSSR count). The number of alkyl halides is 1. The largest absolute Gasteiger partial charge is 0.338 e. The summed E-state index contributed by atoms with van der Waals surface area (Å²) in [6.07, 6.45) is 1.04. The first-order valence-corrected chi connectivity index (χ1v) is 6.47. The predicted octanol–water partition coefficient (Wildman–Crippen LogP) is 2.76. The first kappa shape index (κ1) is 11.0. The van der Waals surface area contributed by atoms with Gasteiger partial charge in [0.1, 0.15) is 0 Å². The average Bonchev–Trinajstić information content (AvgIpc) is 2.84. The number of likely N-dealkylation sites (tertiary alicyclic amines) is 1. The summed E-state index contributed by atoms with van der Waals surface area (Å²) < 4.78 is 0. The molecule has 4 heteroatoms. The fourth-order valence-electron chi connectivity index (χ4n) is 1.85. The minimum atomic E-state index is 0.167. The summed E-state index contributed by atoms with van der Waals surface area (Å²) in [5, 5.41) is 0. The average molecular weight is 244 g/mol. The second-order valence-electron chi connectivity index (χ2n) is 3.97. The quantitative estimate of drug-likeness (QED) is 0.732. The van der Waals surface area contributed by atoms with Crippen molar-refractivity contribution in [3.8, 4) is 0 Å². The van der Waals surface area contributed by atoms with Gasteiger partial charge in [-0.2, -0.15) is 0 Å². The van der Waals surface area contributed by atoms with Gasteiger partial charge in [-0.05, 0) is 31.4 Å². The molecular weight excluding hydrogens is 230 g/mol. The van der Waals surface area contributed by atoms with Crippen molar-refractivity contribution in [3.63, 3.8) is 0 Å². The number of halogens is 1. The van der Waals surface area contributed by atoms with Crippen LogP contribution in [0.3, 0.4) is 0 Å². The van der Waals surface area contributed by atoms with E-state index in [4.69, 9.17) is 11.6 Å². The van der Waals surface area contributed by atoms with E-state index in [1.807, 2.05) is 24.0 Å². The molecule has 15 heavy (non-hydrogen) atoms. The van der Waals surface area contributed by atoms with E-state index < -0.39 is 0 Å². The number of rotatable bonds is 2. The lowest BCUT2D eigenvalue weighted by molar-refractivity contribution is 0.0793. The maximum absolute atomic E-state index is 12.0. The molecule has 0 radical (unpaired) electrons. The smallest absolute Gasteiger partial charge is 0.263 e. The van der Waals surface area contributed by atoms with Gasteiger partial charge in [0.2, 0.25) is 0 Å². The van der Waals surface area contributed by atoms with Crippen LogP contribution in [0.15, 0.2) is 12.1 Å². The fourth-order valence-corrected chi connectivity index (χ4v) is 2.94. The van der Waals surface area contributed by atoms with Gasteiger partial charge in [0.05, 0.1) is 4.88 Å². The summed E-state index contributed by atoms with van der Waals surface area (Å²) in [6.45, 7) is 3.69. The number of thiophene rings is 1. The van der Waals surface area contributed by atoms with Gasteiger partial charge in [-0.15, -0.1) is 22.9 Å². The Balaban J connectivity index is 2.03. The number of amides is 1. The highest BCUT2D eigenvalue weighted by molar-refractivity contribution is 7.13. The Hall–Kier alpha value is -0.540. The number of carbonyl (C=O) groups is 1. The monoisotopic (exact) mass is 243 g/mol. The van der Waals surface area contributed by atoms with Crippen molar-refractivity contribution in [1.82, 2.24) is 4.90 Å². The first-order chi connectivity index (χ1) is 7.20. The summed E-state index contributed by atoms with van der Waals surface area (Å²) in [7, 11) is 0. The standard InChI is InChI=1S/C11H14ClNOS/c1-8-2-3-10(15-8)11(14)13-5-4-9(6-12)7-13/h2-3,9H,4-7H2,1H3. The molecule has 1 aromatic heterocycles. The van der Waals surface area contributed by atoms with E-state index in [2.05, 4.69) is 0 Å². The van der Waals surface area contributed by atoms with Crippen molar-refractivity contribution < 1.29 is 4.79 Å². The highest BCUT2D eigenvalue weighted by atomic mass is 35.5. The van der Waals surface area contributed by atoms with E-state index in [1.54, 1.807) is 11.3 Å². The van der Waals surface area contributed by atoms with Crippen LogP contribution in [-0.4, -0.2) is 29.8 Å². The Bertz CT molecular complexity index is 363. The topological polar surface area (TPSA) is 20.3 Å². The van der Waals surface area contributed by atoms with Crippen molar-refractivity contribution in [1.29, 1.82) is 0 Å². The molecule has 0 aromatic carbocycles. The lowest BCUT2D eigenvalue weighted by Crippen LogP contribution is -2.28. The zero-order chi connectivity index (χ0) is 10.8. The van der Waals surface area contributed by atoms with Gasteiger partial charge >= 0.3 is 0 Å². The third-order valence-electron chi connectivity index (χ3n) is 2.74. The van der Waals surface area contributed by atoms with Crippen molar-refractivity contribution in [2.24, 2.45) is 5.92 Å². The number of nitrogens with zero attached hydrogens (tertiary/aromatic N) is 1. The first-order valence-electron chi connectivity index (χ1n) is 5.12. The molecule has 0 spiro atoms. The number of hydrogen-bond donors (Lipinski definition) is 0. The molecular formula is C11H14ClNOS. The number of aryl methyl sites for hydroxylation is 1. The molecule has 0 saturated carbocycles. The summed E-state index contributed by atoms with van der Waals surface area (Å²) in [6, 6.07) is 3.91. The van der Waals surface area contributed by atoms with E-state index in [-0.39, 0.29) is 5.91 Å².